The highest BCUT2D eigenvalue weighted by atomic mass is 35.5. The van der Waals surface area contributed by atoms with Crippen LogP contribution in [0.2, 0.25) is 0 Å². The number of carboxylic acids is 1. The molecule has 1 rings (SSSR count). The molecule has 1 saturated carbocycles. The molecule has 1 aliphatic carbocycles. The fourth-order valence-corrected chi connectivity index (χ4v) is 3.67. The first-order chi connectivity index (χ1) is 12.8. The summed E-state index contributed by atoms with van der Waals surface area (Å²) >= 11 is 5.91. The van der Waals surface area contributed by atoms with Crippen molar-refractivity contribution in [1.29, 1.82) is 0 Å². The number of hydrogen-bond donors (Lipinski definition) is 3. The Labute approximate surface area is 167 Å². The molecule has 1 aliphatic rings. The lowest BCUT2D eigenvalue weighted by molar-refractivity contribution is -0.137. The lowest BCUT2D eigenvalue weighted by atomic mass is 9.89. The number of carboxylic acid groups (broad SMARTS) is 1. The number of unbranched alkanes of at least 4 members (excludes halogenated alkanes) is 2. The zero-order valence-corrected chi connectivity index (χ0v) is 16.9. The van der Waals surface area contributed by atoms with Gasteiger partial charge in [0.2, 0.25) is 0 Å². The van der Waals surface area contributed by atoms with E-state index in [1.165, 1.54) is 0 Å². The molecule has 3 N–H and O–H groups in total. The number of halogens is 1. The number of carbonyl (C=O) groups is 2. The van der Waals surface area contributed by atoms with Gasteiger partial charge in [0, 0.05) is 24.7 Å². The van der Waals surface area contributed by atoms with E-state index < -0.39 is 17.7 Å². The van der Waals surface area contributed by atoms with Crippen molar-refractivity contribution >= 4 is 23.4 Å². The minimum atomic E-state index is -0.951. The first-order valence-electron chi connectivity index (χ1n) is 9.85. The van der Waals surface area contributed by atoms with Crippen molar-refractivity contribution in [3.05, 3.63) is 24.3 Å². The molecule has 0 spiro atoms. The van der Waals surface area contributed by atoms with Gasteiger partial charge in [0.1, 0.15) is 5.78 Å². The van der Waals surface area contributed by atoms with Crippen LogP contribution in [-0.2, 0) is 9.59 Å². The van der Waals surface area contributed by atoms with Crippen LogP contribution in [-0.4, -0.2) is 44.7 Å². The van der Waals surface area contributed by atoms with Gasteiger partial charge in [0.25, 0.3) is 0 Å². The molecule has 0 aromatic carbocycles. The van der Waals surface area contributed by atoms with E-state index in [2.05, 4.69) is 6.92 Å². The van der Waals surface area contributed by atoms with Crippen molar-refractivity contribution in [2.75, 3.05) is 5.88 Å². The Morgan fingerprint density at radius 3 is 2.67 bits per heavy atom. The molecule has 154 valence electrons. The fraction of sp³-hybridized carbons (Fsp3) is 0.714. The fourth-order valence-electron chi connectivity index (χ4n) is 3.43. The molecule has 0 bridgehead atoms. The Balaban J connectivity index is 2.58. The van der Waals surface area contributed by atoms with Gasteiger partial charge in [-0.05, 0) is 32.1 Å². The van der Waals surface area contributed by atoms with Crippen LogP contribution < -0.4 is 0 Å². The Hall–Kier alpha value is -1.17. The Morgan fingerprint density at radius 2 is 2.04 bits per heavy atom. The van der Waals surface area contributed by atoms with Gasteiger partial charge in [0.15, 0.2) is 0 Å². The molecule has 0 aromatic heterocycles. The predicted molar refractivity (Wildman–Crippen MR) is 107 cm³/mol. The second-order valence-corrected chi connectivity index (χ2v) is 7.78. The van der Waals surface area contributed by atoms with Crippen molar-refractivity contribution in [3.63, 3.8) is 0 Å². The summed E-state index contributed by atoms with van der Waals surface area (Å²) in [6, 6.07) is 0. The molecule has 1 fully saturated rings. The number of allylic oxidation sites excluding steroid dienone is 3. The summed E-state index contributed by atoms with van der Waals surface area (Å²) in [4.78, 5) is 22.7. The summed E-state index contributed by atoms with van der Waals surface area (Å²) in [7, 11) is 0. The van der Waals surface area contributed by atoms with Crippen LogP contribution in [0.4, 0.5) is 0 Å². The number of aliphatic hydroxyl groups excluding tert-OH is 1. The summed E-state index contributed by atoms with van der Waals surface area (Å²) in [6.45, 7) is 2.06. The van der Waals surface area contributed by atoms with Crippen LogP contribution in [0.25, 0.3) is 0 Å². The third kappa shape index (κ3) is 8.58. The first kappa shape index (κ1) is 23.9. The predicted octanol–water partition coefficient (Wildman–Crippen LogP) is 3.86. The molecule has 0 aromatic rings. The molecule has 0 radical (unpaired) electrons. The number of carbonyl (C=O) groups excluding carboxylic acids is 1. The number of ketones is 1. The minimum absolute atomic E-state index is 0.0194. The molecule has 5 nitrogen and oxygen atoms in total. The average molecular weight is 401 g/mol. The zero-order chi connectivity index (χ0) is 20.3. The van der Waals surface area contributed by atoms with E-state index in [-0.39, 0.29) is 36.3 Å². The van der Waals surface area contributed by atoms with Crippen LogP contribution in [0.15, 0.2) is 24.3 Å². The van der Waals surface area contributed by atoms with Gasteiger partial charge >= 0.3 is 5.97 Å². The van der Waals surface area contributed by atoms with Crippen molar-refractivity contribution in [3.8, 4) is 0 Å². The van der Waals surface area contributed by atoms with E-state index in [1.54, 1.807) is 0 Å². The summed E-state index contributed by atoms with van der Waals surface area (Å²) in [5.74, 6) is -1.16. The largest absolute Gasteiger partial charge is 0.481 e. The lowest BCUT2D eigenvalue weighted by Crippen LogP contribution is -2.30. The second-order valence-electron chi connectivity index (χ2n) is 7.51. The van der Waals surface area contributed by atoms with E-state index in [4.69, 9.17) is 16.7 Å². The molecule has 0 amide bonds. The van der Waals surface area contributed by atoms with E-state index in [0.717, 1.165) is 12.8 Å². The number of Topliss-reactive ketones (excluding diaryl/α,β-unsaturated/α-hetero) is 1. The number of alkyl halides is 1. The Morgan fingerprint density at radius 1 is 1.30 bits per heavy atom. The standard InChI is InChI=1S/C21H33ClO5/c1-2-3-12-21(27,15-22)13-8-10-17-16(18(23)14-19(17)24)9-6-4-5-7-11-20(25)26/h4,6,8,10,16-18,23,27H,2-3,5,7,9,11-15H2,1H3,(H,25,26)/b6-4-,10-8+/t16-,17-,18+,21?/m1/s1. The third-order valence-corrected chi connectivity index (χ3v) is 5.66. The average Bonchev–Trinajstić information content (AvgIpc) is 2.89. The molecule has 1 unspecified atom stereocenters. The maximum atomic E-state index is 12.2. The zero-order valence-electron chi connectivity index (χ0n) is 16.1. The Kier molecular flexibility index (Phi) is 10.9. The van der Waals surface area contributed by atoms with Crippen molar-refractivity contribution in [2.24, 2.45) is 11.8 Å². The van der Waals surface area contributed by atoms with Gasteiger partial charge in [-0.2, -0.15) is 0 Å². The number of aliphatic hydroxyl groups is 2. The molecule has 0 saturated heterocycles. The molecule has 6 heteroatoms. The second kappa shape index (κ2) is 12.3. The van der Waals surface area contributed by atoms with Crippen LogP contribution in [0.3, 0.4) is 0 Å². The molecule has 27 heavy (non-hydrogen) atoms. The summed E-state index contributed by atoms with van der Waals surface area (Å²) in [5, 5.41) is 29.3. The van der Waals surface area contributed by atoms with E-state index in [0.29, 0.717) is 32.1 Å². The quantitative estimate of drug-likeness (QED) is 0.248. The van der Waals surface area contributed by atoms with Crippen LogP contribution in [0.5, 0.6) is 0 Å². The van der Waals surface area contributed by atoms with Crippen LogP contribution in [0.1, 0.15) is 64.7 Å². The van der Waals surface area contributed by atoms with Gasteiger partial charge in [0.05, 0.1) is 17.6 Å². The molecular formula is C21H33ClO5. The summed E-state index contributed by atoms with van der Waals surface area (Å²) in [5.41, 5.74) is -0.951. The number of rotatable bonds is 13. The Bertz CT molecular complexity index is 531. The highest BCUT2D eigenvalue weighted by Crippen LogP contribution is 2.34. The molecule has 0 aliphatic heterocycles. The normalized spacial score (nSPS) is 25.5. The van der Waals surface area contributed by atoms with Crippen molar-refractivity contribution in [1.82, 2.24) is 0 Å². The monoisotopic (exact) mass is 400 g/mol. The first-order valence-corrected chi connectivity index (χ1v) is 10.4. The summed E-state index contributed by atoms with van der Waals surface area (Å²) < 4.78 is 0. The van der Waals surface area contributed by atoms with E-state index in [1.807, 2.05) is 24.3 Å². The van der Waals surface area contributed by atoms with Gasteiger partial charge in [-0.1, -0.05) is 44.1 Å². The molecular weight excluding hydrogens is 368 g/mol. The van der Waals surface area contributed by atoms with E-state index in [9.17, 15) is 19.8 Å². The smallest absolute Gasteiger partial charge is 0.303 e. The van der Waals surface area contributed by atoms with Crippen molar-refractivity contribution < 1.29 is 24.9 Å². The van der Waals surface area contributed by atoms with Crippen molar-refractivity contribution in [2.45, 2.75) is 76.4 Å². The molecule has 0 heterocycles. The highest BCUT2D eigenvalue weighted by molar-refractivity contribution is 6.18. The van der Waals surface area contributed by atoms with Gasteiger partial charge in [-0.3, -0.25) is 9.59 Å². The number of hydrogen-bond acceptors (Lipinski definition) is 4. The highest BCUT2D eigenvalue weighted by Gasteiger charge is 2.39. The topological polar surface area (TPSA) is 94.8 Å². The van der Waals surface area contributed by atoms with E-state index >= 15 is 0 Å². The third-order valence-electron chi connectivity index (χ3n) is 5.16. The SMILES string of the molecule is CCCCC(O)(CCl)C/C=C/[C@H]1C(=O)C[C@H](O)[C@@H]1C/C=C\CCCC(=O)O. The van der Waals surface area contributed by atoms with Crippen LogP contribution in [0, 0.1) is 11.8 Å². The van der Waals surface area contributed by atoms with Crippen LogP contribution >= 0.6 is 11.6 Å². The number of aliphatic carboxylic acids is 1. The van der Waals surface area contributed by atoms with Gasteiger partial charge < -0.3 is 15.3 Å². The summed E-state index contributed by atoms with van der Waals surface area (Å²) in [6.07, 6.45) is 11.8. The lowest BCUT2D eigenvalue weighted by Gasteiger charge is -2.24. The van der Waals surface area contributed by atoms with Gasteiger partial charge in [-0.15, -0.1) is 11.6 Å². The van der Waals surface area contributed by atoms with Gasteiger partial charge in [-0.25, -0.2) is 0 Å². The maximum absolute atomic E-state index is 12.2. The molecule has 4 atom stereocenters. The minimum Gasteiger partial charge on any atom is -0.481 e. The maximum Gasteiger partial charge on any atom is 0.303 e.